The molecule has 0 saturated heterocycles. The number of rotatable bonds is 8. The van der Waals surface area contributed by atoms with Gasteiger partial charge in [0.05, 0.1) is 0 Å². The van der Waals surface area contributed by atoms with Crippen molar-refractivity contribution in [3.63, 3.8) is 0 Å². The van der Waals surface area contributed by atoms with E-state index in [2.05, 4.69) is 31.1 Å². The molecule has 0 aromatic rings. The van der Waals surface area contributed by atoms with Crippen molar-refractivity contribution in [1.82, 2.24) is 10.2 Å². The van der Waals surface area contributed by atoms with Crippen molar-refractivity contribution >= 4 is 0 Å². The monoisotopic (exact) mass is 226 g/mol. The van der Waals surface area contributed by atoms with Crippen LogP contribution in [0.5, 0.6) is 0 Å². The van der Waals surface area contributed by atoms with Crippen LogP contribution in [0, 0.1) is 5.92 Å². The van der Waals surface area contributed by atoms with Gasteiger partial charge in [-0.3, -0.25) is 0 Å². The summed E-state index contributed by atoms with van der Waals surface area (Å²) < 4.78 is 0. The lowest BCUT2D eigenvalue weighted by Crippen LogP contribution is -2.44. The summed E-state index contributed by atoms with van der Waals surface area (Å²) >= 11 is 0. The van der Waals surface area contributed by atoms with E-state index in [-0.39, 0.29) is 0 Å². The van der Waals surface area contributed by atoms with Crippen molar-refractivity contribution < 1.29 is 0 Å². The maximum Gasteiger partial charge on any atom is 0.0220 e. The highest BCUT2D eigenvalue weighted by Gasteiger charge is 2.24. The standard InChI is InChI=1S/C14H30N2/c1-4-10-16(11-5-2)12-14(15-3)13-8-6-7-9-13/h13-15H,4-12H2,1-3H3. The summed E-state index contributed by atoms with van der Waals surface area (Å²) in [5.74, 6) is 0.932. The Kier molecular flexibility index (Phi) is 7.06. The van der Waals surface area contributed by atoms with E-state index in [1.54, 1.807) is 0 Å². The molecule has 0 amide bonds. The fourth-order valence-corrected chi connectivity index (χ4v) is 3.04. The Labute approximate surface area is 102 Å². The van der Waals surface area contributed by atoms with E-state index in [9.17, 15) is 0 Å². The molecule has 1 fully saturated rings. The average Bonchev–Trinajstić information content (AvgIpc) is 2.79. The molecule has 0 radical (unpaired) electrons. The molecule has 0 aromatic carbocycles. The Balaban J connectivity index is 2.38. The van der Waals surface area contributed by atoms with Crippen molar-refractivity contribution in [3.05, 3.63) is 0 Å². The van der Waals surface area contributed by atoms with Crippen LogP contribution in [-0.2, 0) is 0 Å². The lowest BCUT2D eigenvalue weighted by molar-refractivity contribution is 0.214. The molecule has 16 heavy (non-hydrogen) atoms. The van der Waals surface area contributed by atoms with E-state index in [1.807, 2.05) is 0 Å². The highest BCUT2D eigenvalue weighted by molar-refractivity contribution is 4.82. The minimum absolute atomic E-state index is 0.723. The van der Waals surface area contributed by atoms with Crippen molar-refractivity contribution in [2.75, 3.05) is 26.7 Å². The van der Waals surface area contributed by atoms with Crippen LogP contribution in [-0.4, -0.2) is 37.6 Å². The molecular weight excluding hydrogens is 196 g/mol. The van der Waals surface area contributed by atoms with Crippen LogP contribution < -0.4 is 5.32 Å². The predicted octanol–water partition coefficient (Wildman–Crippen LogP) is 2.89. The summed E-state index contributed by atoms with van der Waals surface area (Å²) in [6, 6.07) is 0.723. The Morgan fingerprint density at radius 2 is 1.69 bits per heavy atom. The van der Waals surface area contributed by atoms with E-state index in [0.29, 0.717) is 0 Å². The third-order valence-electron chi connectivity index (χ3n) is 3.87. The summed E-state index contributed by atoms with van der Waals surface area (Å²) in [4.78, 5) is 2.64. The van der Waals surface area contributed by atoms with Gasteiger partial charge in [0, 0.05) is 12.6 Å². The van der Waals surface area contributed by atoms with Gasteiger partial charge in [0.2, 0.25) is 0 Å². The van der Waals surface area contributed by atoms with Gasteiger partial charge in [0.15, 0.2) is 0 Å². The number of likely N-dealkylation sites (N-methyl/N-ethyl adjacent to an activating group) is 1. The lowest BCUT2D eigenvalue weighted by Gasteiger charge is -2.30. The third kappa shape index (κ3) is 4.42. The van der Waals surface area contributed by atoms with Crippen molar-refractivity contribution in [2.24, 2.45) is 5.92 Å². The Morgan fingerprint density at radius 3 is 2.12 bits per heavy atom. The molecule has 1 rings (SSSR count). The molecule has 96 valence electrons. The normalized spacial score (nSPS) is 19.5. The van der Waals surface area contributed by atoms with Crippen LogP contribution in [0.15, 0.2) is 0 Å². The van der Waals surface area contributed by atoms with Crippen molar-refractivity contribution in [3.8, 4) is 0 Å². The molecule has 0 bridgehead atoms. The zero-order valence-corrected chi connectivity index (χ0v) is 11.5. The lowest BCUT2D eigenvalue weighted by atomic mass is 9.97. The van der Waals surface area contributed by atoms with Crippen molar-refractivity contribution in [2.45, 2.75) is 58.4 Å². The molecular formula is C14H30N2. The number of nitrogens with zero attached hydrogens (tertiary/aromatic N) is 1. The fraction of sp³-hybridized carbons (Fsp3) is 1.00. The van der Waals surface area contributed by atoms with Gasteiger partial charge in [0.25, 0.3) is 0 Å². The topological polar surface area (TPSA) is 15.3 Å². The van der Waals surface area contributed by atoms with Gasteiger partial charge in [-0.15, -0.1) is 0 Å². The Bertz CT molecular complexity index is 158. The highest BCUT2D eigenvalue weighted by Crippen LogP contribution is 2.28. The summed E-state index contributed by atoms with van der Waals surface area (Å²) in [6.45, 7) is 8.35. The van der Waals surface area contributed by atoms with E-state index in [4.69, 9.17) is 0 Å². The van der Waals surface area contributed by atoms with E-state index < -0.39 is 0 Å². The fourth-order valence-electron chi connectivity index (χ4n) is 3.04. The van der Waals surface area contributed by atoms with Crippen LogP contribution in [0.3, 0.4) is 0 Å². The molecule has 2 nitrogen and oxygen atoms in total. The second-order valence-corrected chi connectivity index (χ2v) is 5.24. The van der Waals surface area contributed by atoms with Crippen LogP contribution >= 0.6 is 0 Å². The highest BCUT2D eigenvalue weighted by atomic mass is 15.1. The van der Waals surface area contributed by atoms with E-state index in [0.717, 1.165) is 12.0 Å². The van der Waals surface area contributed by atoms with Crippen LogP contribution in [0.2, 0.25) is 0 Å². The summed E-state index contributed by atoms with van der Waals surface area (Å²) in [5.41, 5.74) is 0. The third-order valence-corrected chi connectivity index (χ3v) is 3.87. The van der Waals surface area contributed by atoms with Gasteiger partial charge < -0.3 is 10.2 Å². The van der Waals surface area contributed by atoms with Gasteiger partial charge in [-0.2, -0.15) is 0 Å². The first-order chi connectivity index (χ1) is 7.81. The molecule has 1 saturated carbocycles. The SMILES string of the molecule is CCCN(CCC)CC(NC)C1CCCC1. The maximum atomic E-state index is 3.55. The quantitative estimate of drug-likeness (QED) is 0.684. The second-order valence-electron chi connectivity index (χ2n) is 5.24. The molecule has 2 heteroatoms. The molecule has 0 aromatic heterocycles. The van der Waals surface area contributed by atoms with Crippen LogP contribution in [0.4, 0.5) is 0 Å². The van der Waals surface area contributed by atoms with Gasteiger partial charge in [-0.05, 0) is 51.7 Å². The van der Waals surface area contributed by atoms with Gasteiger partial charge >= 0.3 is 0 Å². The van der Waals surface area contributed by atoms with E-state index in [1.165, 1.54) is 58.2 Å². The second kappa shape index (κ2) is 8.08. The minimum Gasteiger partial charge on any atom is -0.315 e. The van der Waals surface area contributed by atoms with Crippen LogP contribution in [0.1, 0.15) is 52.4 Å². The van der Waals surface area contributed by atoms with Gasteiger partial charge in [-0.1, -0.05) is 26.7 Å². The summed E-state index contributed by atoms with van der Waals surface area (Å²) in [6.07, 6.45) is 8.34. The molecule has 1 unspecified atom stereocenters. The van der Waals surface area contributed by atoms with Gasteiger partial charge in [0.1, 0.15) is 0 Å². The van der Waals surface area contributed by atoms with E-state index >= 15 is 0 Å². The average molecular weight is 226 g/mol. The smallest absolute Gasteiger partial charge is 0.0220 e. The molecule has 0 aliphatic heterocycles. The zero-order valence-electron chi connectivity index (χ0n) is 11.5. The number of nitrogens with one attached hydrogen (secondary N) is 1. The zero-order chi connectivity index (χ0) is 11.8. The molecule has 1 N–H and O–H groups in total. The largest absolute Gasteiger partial charge is 0.315 e. The first-order valence-corrected chi connectivity index (χ1v) is 7.21. The Morgan fingerprint density at radius 1 is 1.12 bits per heavy atom. The Hall–Kier alpha value is -0.0800. The first kappa shape index (κ1) is 14.0. The molecule has 0 heterocycles. The molecule has 1 aliphatic carbocycles. The molecule has 1 aliphatic rings. The number of hydrogen-bond acceptors (Lipinski definition) is 2. The maximum absolute atomic E-state index is 3.55. The number of hydrogen-bond donors (Lipinski definition) is 1. The van der Waals surface area contributed by atoms with Gasteiger partial charge in [-0.25, -0.2) is 0 Å². The summed E-state index contributed by atoms with van der Waals surface area (Å²) in [7, 11) is 2.14. The minimum atomic E-state index is 0.723. The van der Waals surface area contributed by atoms with Crippen LogP contribution in [0.25, 0.3) is 0 Å². The van der Waals surface area contributed by atoms with Crippen molar-refractivity contribution in [1.29, 1.82) is 0 Å². The molecule has 0 spiro atoms. The molecule has 1 atom stereocenters. The summed E-state index contributed by atoms with van der Waals surface area (Å²) in [5, 5.41) is 3.55. The first-order valence-electron chi connectivity index (χ1n) is 7.21. The predicted molar refractivity (Wildman–Crippen MR) is 71.8 cm³/mol.